The zero-order chi connectivity index (χ0) is 15.6. The van der Waals surface area contributed by atoms with Crippen LogP contribution in [-0.4, -0.2) is 35.2 Å². The minimum absolute atomic E-state index is 0.0955. The maximum Gasteiger partial charge on any atom is 0.405 e. The second-order valence-corrected chi connectivity index (χ2v) is 4.38. The number of primary amides is 1. The number of carboxylic acid groups (broad SMARTS) is 1. The van der Waals surface area contributed by atoms with Gasteiger partial charge in [-0.25, -0.2) is 9.18 Å². The average molecular weight is 297 g/mol. The Balaban J connectivity index is 2.15. The Bertz CT molecular complexity index is 607. The predicted octanol–water partition coefficient (Wildman–Crippen LogP) is 0.0368. The fraction of sp³-hybridized carbons (Fsp3) is 0.250. The molecular weight excluding hydrogens is 285 g/mol. The second kappa shape index (κ2) is 5.65. The maximum atomic E-state index is 13.1. The van der Waals surface area contributed by atoms with Crippen molar-refractivity contribution < 1.29 is 28.6 Å². The van der Waals surface area contributed by atoms with Gasteiger partial charge in [0.15, 0.2) is 6.10 Å². The number of amides is 3. The van der Waals surface area contributed by atoms with Crippen molar-refractivity contribution in [3.05, 3.63) is 24.0 Å². The van der Waals surface area contributed by atoms with E-state index in [2.05, 4.69) is 5.32 Å². The number of nitrogens with one attached hydrogen (secondary N) is 2. The summed E-state index contributed by atoms with van der Waals surface area (Å²) in [6.45, 7) is 0. The first-order valence-electron chi connectivity index (χ1n) is 5.92. The van der Waals surface area contributed by atoms with Crippen LogP contribution in [0.25, 0.3) is 0 Å². The van der Waals surface area contributed by atoms with Crippen molar-refractivity contribution >= 4 is 23.6 Å². The molecular formula is C12H12FN3O5. The molecule has 2 rings (SSSR count). The van der Waals surface area contributed by atoms with E-state index in [-0.39, 0.29) is 12.2 Å². The highest BCUT2D eigenvalue weighted by Crippen LogP contribution is 2.31. The molecule has 1 heterocycles. The van der Waals surface area contributed by atoms with E-state index in [4.69, 9.17) is 15.6 Å². The third-order valence-electron chi connectivity index (χ3n) is 2.85. The smallest absolute Gasteiger partial charge is 0.405 e. The molecule has 0 aromatic heterocycles. The van der Waals surface area contributed by atoms with Crippen LogP contribution in [-0.2, 0) is 9.59 Å². The molecule has 0 aliphatic carbocycles. The molecule has 0 bridgehead atoms. The van der Waals surface area contributed by atoms with Gasteiger partial charge in [-0.05, 0) is 12.1 Å². The van der Waals surface area contributed by atoms with E-state index >= 15 is 0 Å². The number of hydrogen-bond donors (Lipinski definition) is 4. The topological polar surface area (TPSA) is 131 Å². The third kappa shape index (κ3) is 3.38. The molecule has 0 fully saturated rings. The molecule has 0 saturated carbocycles. The van der Waals surface area contributed by atoms with E-state index < -0.39 is 35.9 Å². The van der Waals surface area contributed by atoms with E-state index in [0.717, 1.165) is 12.1 Å². The normalized spacial score (nSPS) is 18.0. The van der Waals surface area contributed by atoms with Gasteiger partial charge in [0.1, 0.15) is 17.6 Å². The zero-order valence-corrected chi connectivity index (χ0v) is 10.6. The van der Waals surface area contributed by atoms with Crippen molar-refractivity contribution in [3.8, 4) is 5.75 Å². The van der Waals surface area contributed by atoms with Crippen LogP contribution in [0.2, 0.25) is 0 Å². The van der Waals surface area contributed by atoms with Crippen LogP contribution in [0.4, 0.5) is 14.9 Å². The number of fused-ring (bicyclic) bond motifs is 1. The molecule has 3 amide bonds. The van der Waals surface area contributed by atoms with Crippen LogP contribution >= 0.6 is 0 Å². The van der Waals surface area contributed by atoms with Crippen molar-refractivity contribution in [2.75, 3.05) is 5.32 Å². The van der Waals surface area contributed by atoms with Gasteiger partial charge >= 0.3 is 6.09 Å². The van der Waals surface area contributed by atoms with Crippen molar-refractivity contribution in [3.63, 3.8) is 0 Å². The van der Waals surface area contributed by atoms with Gasteiger partial charge in [0.2, 0.25) is 5.91 Å². The van der Waals surface area contributed by atoms with Crippen molar-refractivity contribution in [2.45, 2.75) is 18.6 Å². The molecule has 1 unspecified atom stereocenters. The quantitative estimate of drug-likeness (QED) is 0.623. The number of carbonyl (C=O) groups excluding carboxylic acids is 2. The largest absolute Gasteiger partial charge is 0.478 e. The summed E-state index contributed by atoms with van der Waals surface area (Å²) >= 11 is 0. The molecule has 1 aromatic rings. The Morgan fingerprint density at radius 2 is 2.24 bits per heavy atom. The standard InChI is InChI=1S/C12H12FN3O5/c13-5-1-2-6-8(3-5)21-9(11(18)15-6)4-7(10(14)17)16-12(19)20/h1-3,7,9,16H,4H2,(H2,14,17)(H,15,18)(H,19,20)/t7?,9-/m0/s1. The molecule has 8 nitrogen and oxygen atoms in total. The Hall–Kier alpha value is -2.84. The monoisotopic (exact) mass is 297 g/mol. The zero-order valence-electron chi connectivity index (χ0n) is 10.6. The van der Waals surface area contributed by atoms with Gasteiger partial charge < -0.3 is 26.2 Å². The molecule has 2 atom stereocenters. The number of halogens is 1. The number of benzene rings is 1. The molecule has 1 aliphatic heterocycles. The third-order valence-corrected chi connectivity index (χ3v) is 2.85. The molecule has 112 valence electrons. The molecule has 1 aromatic carbocycles. The number of anilines is 1. The van der Waals surface area contributed by atoms with E-state index in [0.29, 0.717) is 5.69 Å². The SMILES string of the molecule is NC(=O)C(C[C@@H]1Oc2cc(F)ccc2NC1=O)NC(=O)O. The second-order valence-electron chi connectivity index (χ2n) is 4.38. The van der Waals surface area contributed by atoms with Gasteiger partial charge in [0, 0.05) is 12.5 Å². The van der Waals surface area contributed by atoms with Gasteiger partial charge in [-0.3, -0.25) is 9.59 Å². The lowest BCUT2D eigenvalue weighted by Gasteiger charge is -2.27. The number of nitrogens with two attached hydrogens (primary N) is 1. The first-order valence-corrected chi connectivity index (χ1v) is 5.92. The van der Waals surface area contributed by atoms with Gasteiger partial charge in [0.05, 0.1) is 5.69 Å². The van der Waals surface area contributed by atoms with Crippen LogP contribution in [0.3, 0.4) is 0 Å². The molecule has 0 saturated heterocycles. The summed E-state index contributed by atoms with van der Waals surface area (Å²) in [6, 6.07) is 2.26. The highest BCUT2D eigenvalue weighted by molar-refractivity contribution is 5.98. The molecule has 0 spiro atoms. The number of rotatable bonds is 4. The summed E-state index contributed by atoms with van der Waals surface area (Å²) in [6.07, 6.45) is -2.92. The van der Waals surface area contributed by atoms with E-state index in [1.54, 1.807) is 0 Å². The van der Waals surface area contributed by atoms with Gasteiger partial charge in [0.25, 0.3) is 5.91 Å². The molecule has 1 aliphatic rings. The summed E-state index contributed by atoms with van der Waals surface area (Å²) in [5.74, 6) is -1.98. The number of hydrogen-bond acceptors (Lipinski definition) is 4. The summed E-state index contributed by atoms with van der Waals surface area (Å²) in [5.41, 5.74) is 5.35. The fourth-order valence-electron chi connectivity index (χ4n) is 1.88. The fourth-order valence-corrected chi connectivity index (χ4v) is 1.88. The van der Waals surface area contributed by atoms with Crippen molar-refractivity contribution in [1.29, 1.82) is 0 Å². The minimum Gasteiger partial charge on any atom is -0.478 e. The Kier molecular flexibility index (Phi) is 3.92. The van der Waals surface area contributed by atoms with Gasteiger partial charge in [-0.15, -0.1) is 0 Å². The first-order chi connectivity index (χ1) is 9.86. The van der Waals surface area contributed by atoms with E-state index in [1.165, 1.54) is 6.07 Å². The van der Waals surface area contributed by atoms with Crippen LogP contribution in [0.15, 0.2) is 18.2 Å². The van der Waals surface area contributed by atoms with Crippen molar-refractivity contribution in [2.24, 2.45) is 5.73 Å². The average Bonchev–Trinajstić information content (AvgIpc) is 2.38. The first kappa shape index (κ1) is 14.6. The number of carbonyl (C=O) groups is 3. The van der Waals surface area contributed by atoms with Crippen LogP contribution in [0.1, 0.15) is 6.42 Å². The van der Waals surface area contributed by atoms with E-state index in [1.807, 2.05) is 5.32 Å². The number of ether oxygens (including phenoxy) is 1. The van der Waals surface area contributed by atoms with Crippen LogP contribution in [0, 0.1) is 5.82 Å². The molecule has 0 radical (unpaired) electrons. The summed E-state index contributed by atoms with van der Waals surface area (Å²) in [4.78, 5) is 33.6. The highest BCUT2D eigenvalue weighted by atomic mass is 19.1. The lowest BCUT2D eigenvalue weighted by Crippen LogP contribution is -2.49. The van der Waals surface area contributed by atoms with Gasteiger partial charge in [-0.1, -0.05) is 0 Å². The van der Waals surface area contributed by atoms with Crippen LogP contribution < -0.4 is 21.1 Å². The summed E-state index contributed by atoms with van der Waals surface area (Å²) in [5, 5.41) is 13.0. The maximum absolute atomic E-state index is 13.1. The Morgan fingerprint density at radius 1 is 1.52 bits per heavy atom. The summed E-state index contributed by atoms with van der Waals surface area (Å²) in [7, 11) is 0. The van der Waals surface area contributed by atoms with Crippen molar-refractivity contribution in [1.82, 2.24) is 5.32 Å². The lowest BCUT2D eigenvalue weighted by atomic mass is 10.1. The highest BCUT2D eigenvalue weighted by Gasteiger charge is 2.32. The lowest BCUT2D eigenvalue weighted by molar-refractivity contribution is -0.125. The minimum atomic E-state index is -1.46. The molecule has 5 N–H and O–H groups in total. The summed E-state index contributed by atoms with van der Waals surface area (Å²) < 4.78 is 18.4. The van der Waals surface area contributed by atoms with E-state index in [9.17, 15) is 18.8 Å². The molecule has 21 heavy (non-hydrogen) atoms. The molecule has 9 heteroatoms. The Morgan fingerprint density at radius 3 is 2.86 bits per heavy atom. The van der Waals surface area contributed by atoms with Crippen LogP contribution in [0.5, 0.6) is 5.75 Å². The predicted molar refractivity (Wildman–Crippen MR) is 68.2 cm³/mol. The Labute approximate surface area is 118 Å². The van der Waals surface area contributed by atoms with Gasteiger partial charge in [-0.2, -0.15) is 0 Å².